The van der Waals surface area contributed by atoms with Crippen LogP contribution in [0.3, 0.4) is 0 Å². The van der Waals surface area contributed by atoms with Gasteiger partial charge in [-0.05, 0) is 30.3 Å². The number of anilines is 1. The lowest BCUT2D eigenvalue weighted by atomic mass is 10.2. The number of nitrogens with one attached hydrogen (secondary N) is 2. The van der Waals surface area contributed by atoms with E-state index in [0.29, 0.717) is 28.3 Å². The summed E-state index contributed by atoms with van der Waals surface area (Å²) in [7, 11) is 2.97. The molecule has 0 aliphatic carbocycles. The molecule has 0 aliphatic heterocycles. The number of nitrogens with zero attached hydrogens (tertiary/aromatic N) is 1. The van der Waals surface area contributed by atoms with Crippen LogP contribution in [-0.4, -0.2) is 32.6 Å². The molecule has 7 heteroatoms. The first-order chi connectivity index (χ1) is 12.1. The van der Waals surface area contributed by atoms with Crippen molar-refractivity contribution in [1.82, 2.24) is 5.32 Å². The molecule has 25 heavy (non-hydrogen) atoms. The molecule has 0 heterocycles. The number of methoxy groups -OCH3 is 2. The fraction of sp³-hybridized carbons (Fsp3) is 0.167. The van der Waals surface area contributed by atoms with Crippen LogP contribution >= 0.6 is 0 Å². The molecule has 0 aliphatic rings. The number of benzene rings is 2. The summed E-state index contributed by atoms with van der Waals surface area (Å²) in [6, 6.07) is 13.3. The topological polar surface area (TPSA) is 100 Å². The predicted molar refractivity (Wildman–Crippen MR) is 91.7 cm³/mol. The second-order valence-corrected chi connectivity index (χ2v) is 4.96. The molecule has 2 rings (SSSR count). The highest BCUT2D eigenvalue weighted by atomic mass is 16.5. The second kappa shape index (κ2) is 8.36. The fourth-order valence-corrected chi connectivity index (χ4v) is 2.12. The molecule has 2 amide bonds. The molecule has 0 saturated heterocycles. The molecule has 0 unspecified atom stereocenters. The lowest BCUT2D eigenvalue weighted by molar-refractivity contribution is -0.115. The Morgan fingerprint density at radius 1 is 1.08 bits per heavy atom. The van der Waals surface area contributed by atoms with Gasteiger partial charge in [0.25, 0.3) is 5.91 Å². The number of amides is 2. The number of carbonyl (C=O) groups excluding carboxylic acids is 2. The van der Waals surface area contributed by atoms with Gasteiger partial charge in [-0.3, -0.25) is 9.59 Å². The lowest BCUT2D eigenvalue weighted by Crippen LogP contribution is -2.33. The van der Waals surface area contributed by atoms with E-state index in [1.54, 1.807) is 36.4 Å². The van der Waals surface area contributed by atoms with E-state index in [-0.39, 0.29) is 6.54 Å². The van der Waals surface area contributed by atoms with Crippen molar-refractivity contribution in [3.63, 3.8) is 0 Å². The Morgan fingerprint density at radius 3 is 2.48 bits per heavy atom. The average Bonchev–Trinajstić information content (AvgIpc) is 2.65. The van der Waals surface area contributed by atoms with Crippen molar-refractivity contribution >= 4 is 17.5 Å². The highest BCUT2D eigenvalue weighted by Gasteiger charge is 2.12. The Labute approximate surface area is 145 Å². The minimum Gasteiger partial charge on any atom is -0.493 e. The van der Waals surface area contributed by atoms with Gasteiger partial charge in [-0.15, -0.1) is 0 Å². The second-order valence-electron chi connectivity index (χ2n) is 4.96. The minimum atomic E-state index is -0.434. The number of nitriles is 1. The third-order valence-electron chi connectivity index (χ3n) is 3.38. The van der Waals surface area contributed by atoms with E-state index in [1.807, 2.05) is 6.07 Å². The van der Waals surface area contributed by atoms with Crippen molar-refractivity contribution in [2.45, 2.75) is 0 Å². The van der Waals surface area contributed by atoms with Crippen LogP contribution < -0.4 is 20.1 Å². The maximum atomic E-state index is 12.2. The first-order valence-electron chi connectivity index (χ1n) is 7.38. The standard InChI is InChI=1S/C18H17N3O4/c1-24-15-8-7-12(9-16(15)25-2)18(23)20-11-17(22)21-14-6-4-3-5-13(14)10-19/h3-9H,11H2,1-2H3,(H,20,23)(H,21,22). The highest BCUT2D eigenvalue weighted by molar-refractivity contribution is 6.00. The lowest BCUT2D eigenvalue weighted by Gasteiger charge is -2.10. The Balaban J connectivity index is 1.98. The van der Waals surface area contributed by atoms with E-state index < -0.39 is 11.8 Å². The van der Waals surface area contributed by atoms with E-state index in [2.05, 4.69) is 10.6 Å². The number of carbonyl (C=O) groups is 2. The molecule has 0 atom stereocenters. The molecule has 128 valence electrons. The van der Waals surface area contributed by atoms with E-state index in [0.717, 1.165) is 0 Å². The van der Waals surface area contributed by atoms with E-state index in [4.69, 9.17) is 14.7 Å². The Bertz CT molecular complexity index is 827. The SMILES string of the molecule is COc1ccc(C(=O)NCC(=O)Nc2ccccc2C#N)cc1OC. The largest absolute Gasteiger partial charge is 0.493 e. The maximum absolute atomic E-state index is 12.2. The van der Waals surface area contributed by atoms with Gasteiger partial charge in [0.15, 0.2) is 11.5 Å². The summed E-state index contributed by atoms with van der Waals surface area (Å²) in [4.78, 5) is 24.1. The molecule has 0 bridgehead atoms. The molecule has 2 aromatic carbocycles. The third kappa shape index (κ3) is 4.48. The van der Waals surface area contributed by atoms with Gasteiger partial charge in [0.05, 0.1) is 32.0 Å². The van der Waals surface area contributed by atoms with Crippen LogP contribution in [0.25, 0.3) is 0 Å². The zero-order valence-electron chi connectivity index (χ0n) is 13.8. The van der Waals surface area contributed by atoms with E-state index in [9.17, 15) is 9.59 Å². The summed E-state index contributed by atoms with van der Waals surface area (Å²) in [5.74, 6) is 0.0636. The fourth-order valence-electron chi connectivity index (χ4n) is 2.12. The molecule has 0 spiro atoms. The van der Waals surface area contributed by atoms with Crippen LogP contribution in [0, 0.1) is 11.3 Å². The predicted octanol–water partition coefficient (Wildman–Crippen LogP) is 1.94. The number of hydrogen-bond acceptors (Lipinski definition) is 5. The van der Waals surface area contributed by atoms with Gasteiger partial charge in [0.2, 0.25) is 5.91 Å². The zero-order valence-corrected chi connectivity index (χ0v) is 13.8. The van der Waals surface area contributed by atoms with Crippen molar-refractivity contribution in [1.29, 1.82) is 5.26 Å². The smallest absolute Gasteiger partial charge is 0.251 e. The number of para-hydroxylation sites is 1. The van der Waals surface area contributed by atoms with Gasteiger partial charge >= 0.3 is 0 Å². The van der Waals surface area contributed by atoms with Crippen LogP contribution in [0.4, 0.5) is 5.69 Å². The number of hydrogen-bond donors (Lipinski definition) is 2. The first kappa shape index (κ1) is 17.8. The molecule has 2 aromatic rings. The van der Waals surface area contributed by atoms with Crippen LogP contribution in [0.2, 0.25) is 0 Å². The maximum Gasteiger partial charge on any atom is 0.251 e. The van der Waals surface area contributed by atoms with Gasteiger partial charge in [0.1, 0.15) is 6.07 Å². The Morgan fingerprint density at radius 2 is 1.80 bits per heavy atom. The summed E-state index contributed by atoms with van der Waals surface area (Å²) in [6.07, 6.45) is 0. The quantitative estimate of drug-likeness (QED) is 0.838. The van der Waals surface area contributed by atoms with Gasteiger partial charge in [-0.2, -0.15) is 5.26 Å². The summed E-state index contributed by atoms with van der Waals surface area (Å²) in [5.41, 5.74) is 1.08. The van der Waals surface area contributed by atoms with Crippen molar-refractivity contribution in [3.05, 3.63) is 53.6 Å². The normalized spacial score (nSPS) is 9.64. The average molecular weight is 339 g/mol. The van der Waals surface area contributed by atoms with Crippen molar-refractivity contribution in [2.24, 2.45) is 0 Å². The van der Waals surface area contributed by atoms with Crippen LogP contribution in [-0.2, 0) is 4.79 Å². The molecule has 7 nitrogen and oxygen atoms in total. The van der Waals surface area contributed by atoms with Crippen LogP contribution in [0.15, 0.2) is 42.5 Å². The van der Waals surface area contributed by atoms with Gasteiger partial charge in [-0.1, -0.05) is 12.1 Å². The van der Waals surface area contributed by atoms with Gasteiger partial charge in [-0.25, -0.2) is 0 Å². The third-order valence-corrected chi connectivity index (χ3v) is 3.38. The molecule has 0 fully saturated rings. The Hall–Kier alpha value is -3.53. The Kier molecular flexibility index (Phi) is 5.96. The molecule has 0 radical (unpaired) electrons. The molecular formula is C18H17N3O4. The molecule has 0 aromatic heterocycles. The molecule has 0 saturated carbocycles. The van der Waals surface area contributed by atoms with E-state index in [1.165, 1.54) is 20.3 Å². The van der Waals surface area contributed by atoms with Crippen molar-refractivity contribution in [3.8, 4) is 17.6 Å². The van der Waals surface area contributed by atoms with Crippen molar-refractivity contribution < 1.29 is 19.1 Å². The minimum absolute atomic E-state index is 0.229. The summed E-state index contributed by atoms with van der Waals surface area (Å²) >= 11 is 0. The summed E-state index contributed by atoms with van der Waals surface area (Å²) in [6.45, 7) is -0.229. The summed E-state index contributed by atoms with van der Waals surface area (Å²) < 4.78 is 10.3. The van der Waals surface area contributed by atoms with E-state index >= 15 is 0 Å². The van der Waals surface area contributed by atoms with Gasteiger partial charge in [0, 0.05) is 5.56 Å². The zero-order chi connectivity index (χ0) is 18.2. The van der Waals surface area contributed by atoms with Crippen molar-refractivity contribution in [2.75, 3.05) is 26.1 Å². The number of rotatable bonds is 6. The monoisotopic (exact) mass is 339 g/mol. The molecular weight excluding hydrogens is 322 g/mol. The number of ether oxygens (including phenoxy) is 2. The molecule has 2 N–H and O–H groups in total. The highest BCUT2D eigenvalue weighted by Crippen LogP contribution is 2.27. The van der Waals surface area contributed by atoms with Gasteiger partial charge < -0.3 is 20.1 Å². The summed E-state index contributed by atoms with van der Waals surface area (Å²) in [5, 5.41) is 14.1. The van der Waals surface area contributed by atoms with Crippen LogP contribution in [0.5, 0.6) is 11.5 Å². The van der Waals surface area contributed by atoms with Crippen LogP contribution in [0.1, 0.15) is 15.9 Å². The first-order valence-corrected chi connectivity index (χ1v) is 7.38.